The van der Waals surface area contributed by atoms with Crippen LogP contribution in [0.15, 0.2) is 60.8 Å². The SMILES string of the molecule is O=C(Nc1ccc(OC(F)(F)F)cc1)NC1CCN(c2ccnc3ccccc23)CC1. The second-order valence-corrected chi connectivity index (χ2v) is 7.28. The third-order valence-electron chi connectivity index (χ3n) is 5.14. The number of halogens is 3. The van der Waals surface area contributed by atoms with E-state index in [4.69, 9.17) is 0 Å². The number of ether oxygens (including phenoxy) is 1. The number of alkyl halides is 3. The number of carbonyl (C=O) groups is 1. The Balaban J connectivity index is 1.29. The predicted molar refractivity (Wildman–Crippen MR) is 112 cm³/mol. The number of carbonyl (C=O) groups excluding carboxylic acids is 1. The van der Waals surface area contributed by atoms with Crippen molar-refractivity contribution in [3.8, 4) is 5.75 Å². The second-order valence-electron chi connectivity index (χ2n) is 7.28. The van der Waals surface area contributed by atoms with E-state index in [1.165, 1.54) is 12.1 Å². The van der Waals surface area contributed by atoms with E-state index in [1.807, 2.05) is 24.3 Å². The number of benzene rings is 2. The summed E-state index contributed by atoms with van der Waals surface area (Å²) in [4.78, 5) is 19.0. The predicted octanol–water partition coefficient (Wildman–Crippen LogP) is 4.92. The van der Waals surface area contributed by atoms with Crippen LogP contribution in [0.25, 0.3) is 10.9 Å². The first-order valence-corrected chi connectivity index (χ1v) is 9.89. The van der Waals surface area contributed by atoms with Crippen LogP contribution in [-0.2, 0) is 0 Å². The molecule has 1 fully saturated rings. The van der Waals surface area contributed by atoms with Crippen molar-refractivity contribution in [2.45, 2.75) is 25.2 Å². The minimum Gasteiger partial charge on any atom is -0.406 e. The van der Waals surface area contributed by atoms with Crippen LogP contribution in [0, 0.1) is 0 Å². The van der Waals surface area contributed by atoms with Crippen molar-refractivity contribution in [2.24, 2.45) is 0 Å². The molecule has 31 heavy (non-hydrogen) atoms. The van der Waals surface area contributed by atoms with E-state index in [0.717, 1.165) is 54.7 Å². The van der Waals surface area contributed by atoms with Gasteiger partial charge in [-0.15, -0.1) is 13.2 Å². The number of nitrogens with one attached hydrogen (secondary N) is 2. The number of aromatic nitrogens is 1. The lowest BCUT2D eigenvalue weighted by atomic mass is 10.0. The van der Waals surface area contributed by atoms with Gasteiger partial charge in [0.15, 0.2) is 0 Å². The van der Waals surface area contributed by atoms with E-state index in [1.54, 1.807) is 6.20 Å². The highest BCUT2D eigenvalue weighted by atomic mass is 19.4. The molecule has 9 heteroatoms. The van der Waals surface area contributed by atoms with Crippen molar-refractivity contribution < 1.29 is 22.7 Å². The van der Waals surface area contributed by atoms with Crippen LogP contribution < -0.4 is 20.3 Å². The first kappa shape index (κ1) is 20.8. The highest BCUT2D eigenvalue weighted by molar-refractivity contribution is 5.91. The fraction of sp³-hybridized carbons (Fsp3) is 0.273. The Morgan fingerprint density at radius 1 is 1.03 bits per heavy atom. The summed E-state index contributed by atoms with van der Waals surface area (Å²) >= 11 is 0. The summed E-state index contributed by atoms with van der Waals surface area (Å²) in [7, 11) is 0. The molecule has 0 saturated carbocycles. The monoisotopic (exact) mass is 430 g/mol. The highest BCUT2D eigenvalue weighted by Gasteiger charge is 2.31. The standard InChI is InChI=1S/C22H21F3N4O2/c23-22(24,25)31-17-7-5-15(6-8-17)27-21(30)28-16-10-13-29(14-11-16)20-9-12-26-19-4-2-1-3-18(19)20/h1-9,12,16H,10-11,13-14H2,(H2,27,28,30). The fourth-order valence-electron chi connectivity index (χ4n) is 3.71. The maximum atomic E-state index is 12.3. The van der Waals surface area contributed by atoms with Gasteiger partial charge >= 0.3 is 12.4 Å². The molecule has 0 atom stereocenters. The molecule has 1 saturated heterocycles. The molecule has 0 unspecified atom stereocenters. The molecule has 0 bridgehead atoms. The Labute approximate surface area is 177 Å². The van der Waals surface area contributed by atoms with Crippen molar-refractivity contribution in [3.63, 3.8) is 0 Å². The maximum Gasteiger partial charge on any atom is 0.573 e. The van der Waals surface area contributed by atoms with Crippen molar-refractivity contribution in [3.05, 3.63) is 60.8 Å². The minimum atomic E-state index is -4.75. The summed E-state index contributed by atoms with van der Waals surface area (Å²) in [5.41, 5.74) is 2.47. The first-order chi connectivity index (χ1) is 14.9. The summed E-state index contributed by atoms with van der Waals surface area (Å²) in [5, 5.41) is 6.67. The lowest BCUT2D eigenvalue weighted by Gasteiger charge is -2.34. The number of hydrogen-bond acceptors (Lipinski definition) is 4. The van der Waals surface area contributed by atoms with Gasteiger partial charge in [-0.25, -0.2) is 4.79 Å². The molecule has 3 aromatic rings. The number of fused-ring (bicyclic) bond motifs is 1. The molecule has 2 heterocycles. The molecular weight excluding hydrogens is 409 g/mol. The molecule has 0 radical (unpaired) electrons. The average molecular weight is 430 g/mol. The Kier molecular flexibility index (Phi) is 5.83. The lowest BCUT2D eigenvalue weighted by Crippen LogP contribution is -2.46. The Bertz CT molecular complexity index is 1040. The molecule has 162 valence electrons. The molecule has 4 rings (SSSR count). The zero-order valence-corrected chi connectivity index (χ0v) is 16.5. The molecular formula is C22H21F3N4O2. The normalized spacial score (nSPS) is 15.0. The quantitative estimate of drug-likeness (QED) is 0.616. The van der Waals surface area contributed by atoms with E-state index in [9.17, 15) is 18.0 Å². The van der Waals surface area contributed by atoms with Gasteiger partial charge in [0.05, 0.1) is 5.52 Å². The number of amides is 2. The summed E-state index contributed by atoms with van der Waals surface area (Å²) in [6, 6.07) is 14.7. The number of rotatable bonds is 4. The van der Waals surface area contributed by atoms with Crippen molar-refractivity contribution in [1.82, 2.24) is 10.3 Å². The maximum absolute atomic E-state index is 12.3. The molecule has 1 aliphatic heterocycles. The molecule has 2 aromatic carbocycles. The third kappa shape index (κ3) is 5.36. The largest absolute Gasteiger partial charge is 0.573 e. The van der Waals surface area contributed by atoms with Crippen LogP contribution in [0.1, 0.15) is 12.8 Å². The van der Waals surface area contributed by atoms with E-state index in [-0.39, 0.29) is 11.8 Å². The zero-order chi connectivity index (χ0) is 21.8. The van der Waals surface area contributed by atoms with E-state index < -0.39 is 12.4 Å². The molecule has 1 aromatic heterocycles. The fourth-order valence-corrected chi connectivity index (χ4v) is 3.71. The van der Waals surface area contributed by atoms with E-state index in [2.05, 4.69) is 31.3 Å². The van der Waals surface area contributed by atoms with E-state index in [0.29, 0.717) is 5.69 Å². The van der Waals surface area contributed by atoms with Gasteiger partial charge in [0, 0.05) is 42.1 Å². The summed E-state index contributed by atoms with van der Waals surface area (Å²) in [5.74, 6) is -0.338. The lowest BCUT2D eigenvalue weighted by molar-refractivity contribution is -0.274. The van der Waals surface area contributed by atoms with Crippen molar-refractivity contribution in [2.75, 3.05) is 23.3 Å². The van der Waals surface area contributed by atoms with Gasteiger partial charge < -0.3 is 20.3 Å². The molecule has 6 nitrogen and oxygen atoms in total. The van der Waals surface area contributed by atoms with Crippen LogP contribution in [0.4, 0.5) is 29.3 Å². The topological polar surface area (TPSA) is 66.5 Å². The van der Waals surface area contributed by atoms with Crippen LogP contribution >= 0.6 is 0 Å². The number of piperidine rings is 1. The Morgan fingerprint density at radius 2 is 1.74 bits per heavy atom. The summed E-state index contributed by atoms with van der Waals surface area (Å²) in [6.45, 7) is 1.59. The summed E-state index contributed by atoms with van der Waals surface area (Å²) in [6.07, 6.45) is -1.38. The van der Waals surface area contributed by atoms with Gasteiger partial charge in [0.2, 0.25) is 0 Å². The van der Waals surface area contributed by atoms with Gasteiger partial charge in [0.25, 0.3) is 0 Å². The average Bonchev–Trinajstić information content (AvgIpc) is 2.74. The number of pyridine rings is 1. The van der Waals surface area contributed by atoms with Gasteiger partial charge in [-0.2, -0.15) is 0 Å². The van der Waals surface area contributed by atoms with Crippen molar-refractivity contribution in [1.29, 1.82) is 0 Å². The number of urea groups is 1. The smallest absolute Gasteiger partial charge is 0.406 e. The molecule has 0 spiro atoms. The van der Waals surface area contributed by atoms with Crippen LogP contribution in [0.2, 0.25) is 0 Å². The van der Waals surface area contributed by atoms with Gasteiger partial charge in [-0.05, 0) is 49.2 Å². The second kappa shape index (κ2) is 8.71. The number of anilines is 2. The molecule has 1 aliphatic rings. The number of nitrogens with zero attached hydrogens (tertiary/aromatic N) is 2. The summed E-state index contributed by atoms with van der Waals surface area (Å²) < 4.78 is 40.5. The molecule has 0 aliphatic carbocycles. The van der Waals surface area contributed by atoms with Gasteiger partial charge in [-0.1, -0.05) is 18.2 Å². The Morgan fingerprint density at radius 3 is 2.45 bits per heavy atom. The van der Waals surface area contributed by atoms with Crippen LogP contribution in [-0.4, -0.2) is 36.5 Å². The van der Waals surface area contributed by atoms with Gasteiger partial charge in [-0.3, -0.25) is 4.98 Å². The Hall–Kier alpha value is -3.49. The number of hydrogen-bond donors (Lipinski definition) is 2. The third-order valence-corrected chi connectivity index (χ3v) is 5.14. The van der Waals surface area contributed by atoms with Crippen LogP contribution in [0.5, 0.6) is 5.75 Å². The van der Waals surface area contributed by atoms with Crippen molar-refractivity contribution >= 4 is 28.3 Å². The molecule has 2 N–H and O–H groups in total. The zero-order valence-electron chi connectivity index (χ0n) is 16.5. The van der Waals surface area contributed by atoms with Crippen LogP contribution in [0.3, 0.4) is 0 Å². The first-order valence-electron chi connectivity index (χ1n) is 9.89. The highest BCUT2D eigenvalue weighted by Crippen LogP contribution is 2.28. The van der Waals surface area contributed by atoms with E-state index >= 15 is 0 Å². The minimum absolute atomic E-state index is 0.0113. The van der Waals surface area contributed by atoms with Gasteiger partial charge in [0.1, 0.15) is 5.75 Å². The molecule has 2 amide bonds. The number of para-hydroxylation sites is 1.